The molecule has 0 bridgehead atoms. The van der Waals surface area contributed by atoms with Crippen LogP contribution in [0, 0.1) is 6.92 Å². The molecule has 170 valence electrons. The molecule has 6 nitrogen and oxygen atoms in total. The second-order valence-corrected chi connectivity index (χ2v) is 8.43. The Morgan fingerprint density at radius 1 is 1.28 bits per heavy atom. The molecule has 3 N–H and O–H groups in total. The van der Waals surface area contributed by atoms with E-state index in [0.29, 0.717) is 11.1 Å². The molecule has 3 atom stereocenters. The SMILES string of the molecule is CC[C@H]1C[C@@](O)(C(F)(F)F)[C@@H](Nc2ccc3c(=O)onc(C)c3c2)c2ccc(Cl)c(O)c21. The number of aliphatic hydroxyl groups is 1. The lowest BCUT2D eigenvalue weighted by atomic mass is 9.69. The molecule has 10 heteroatoms. The Morgan fingerprint density at radius 2 is 2.00 bits per heavy atom. The molecule has 0 radical (unpaired) electrons. The number of phenols is 1. The maximum Gasteiger partial charge on any atom is 0.419 e. The molecule has 2 aromatic carbocycles. The largest absolute Gasteiger partial charge is 0.506 e. The number of rotatable bonds is 3. The van der Waals surface area contributed by atoms with Gasteiger partial charge in [-0.3, -0.25) is 0 Å². The summed E-state index contributed by atoms with van der Waals surface area (Å²) in [6, 6.07) is 5.38. The predicted octanol–water partition coefficient (Wildman–Crippen LogP) is 5.20. The second kappa shape index (κ2) is 7.67. The highest BCUT2D eigenvalue weighted by Gasteiger charge is 2.62. The van der Waals surface area contributed by atoms with Crippen LogP contribution >= 0.6 is 11.6 Å². The summed E-state index contributed by atoms with van der Waals surface area (Å²) in [5, 5.41) is 28.6. The summed E-state index contributed by atoms with van der Waals surface area (Å²) < 4.78 is 47.2. The van der Waals surface area contributed by atoms with Crippen LogP contribution in [0.2, 0.25) is 5.02 Å². The summed E-state index contributed by atoms with van der Waals surface area (Å²) in [5.74, 6) is -1.04. The van der Waals surface area contributed by atoms with Gasteiger partial charge in [0.1, 0.15) is 5.75 Å². The lowest BCUT2D eigenvalue weighted by Gasteiger charge is -2.46. The van der Waals surface area contributed by atoms with Crippen LogP contribution in [0.1, 0.15) is 48.5 Å². The lowest BCUT2D eigenvalue weighted by molar-refractivity contribution is -0.272. The number of halogens is 4. The van der Waals surface area contributed by atoms with Crippen molar-refractivity contribution in [2.75, 3.05) is 5.32 Å². The van der Waals surface area contributed by atoms with Crippen molar-refractivity contribution < 1.29 is 27.9 Å². The van der Waals surface area contributed by atoms with Gasteiger partial charge in [0.25, 0.3) is 0 Å². The fourth-order valence-corrected chi connectivity index (χ4v) is 4.61. The highest BCUT2D eigenvalue weighted by molar-refractivity contribution is 6.32. The van der Waals surface area contributed by atoms with Crippen molar-refractivity contribution in [1.29, 1.82) is 0 Å². The van der Waals surface area contributed by atoms with E-state index in [-0.39, 0.29) is 39.4 Å². The zero-order valence-electron chi connectivity index (χ0n) is 17.1. The van der Waals surface area contributed by atoms with Crippen LogP contribution in [0.3, 0.4) is 0 Å². The van der Waals surface area contributed by atoms with Crippen LogP contribution in [0.15, 0.2) is 39.6 Å². The average molecular weight is 469 g/mol. The van der Waals surface area contributed by atoms with Gasteiger partial charge in [0.05, 0.1) is 22.1 Å². The van der Waals surface area contributed by atoms with Gasteiger partial charge < -0.3 is 20.1 Å². The topological polar surface area (TPSA) is 95.6 Å². The zero-order chi connectivity index (χ0) is 23.4. The highest BCUT2D eigenvalue weighted by Crippen LogP contribution is 2.55. The van der Waals surface area contributed by atoms with Gasteiger partial charge in [0, 0.05) is 16.6 Å². The first-order chi connectivity index (χ1) is 15.0. The number of fused-ring (bicyclic) bond motifs is 2. The van der Waals surface area contributed by atoms with Gasteiger partial charge >= 0.3 is 11.8 Å². The van der Waals surface area contributed by atoms with Crippen LogP contribution in [0.4, 0.5) is 18.9 Å². The van der Waals surface area contributed by atoms with Crippen LogP contribution in [0.5, 0.6) is 5.75 Å². The van der Waals surface area contributed by atoms with Crippen molar-refractivity contribution in [3.05, 3.63) is 62.6 Å². The number of phenolic OH excluding ortho intramolecular Hbond substituents is 1. The lowest BCUT2D eigenvalue weighted by Crippen LogP contribution is -2.55. The van der Waals surface area contributed by atoms with E-state index >= 15 is 0 Å². The summed E-state index contributed by atoms with van der Waals surface area (Å²) in [6.07, 6.45) is -5.34. The molecule has 1 aliphatic carbocycles. The fraction of sp³-hybridized carbons (Fsp3) is 0.364. The Labute approximate surface area is 185 Å². The van der Waals surface area contributed by atoms with Crippen LogP contribution in [-0.2, 0) is 0 Å². The summed E-state index contributed by atoms with van der Waals surface area (Å²) in [5.41, 5.74) is -2.78. The average Bonchev–Trinajstić information content (AvgIpc) is 2.74. The van der Waals surface area contributed by atoms with Crippen molar-refractivity contribution in [3.8, 4) is 5.75 Å². The fourth-order valence-electron chi connectivity index (χ4n) is 4.44. The van der Waals surface area contributed by atoms with Gasteiger partial charge in [-0.25, -0.2) is 4.79 Å². The minimum atomic E-state index is -4.96. The van der Waals surface area contributed by atoms with E-state index in [4.69, 9.17) is 11.6 Å². The number of nitrogens with zero attached hydrogens (tertiary/aromatic N) is 1. The van der Waals surface area contributed by atoms with Gasteiger partial charge in [-0.05, 0) is 55.5 Å². The van der Waals surface area contributed by atoms with E-state index in [1.54, 1.807) is 13.8 Å². The van der Waals surface area contributed by atoms with Crippen molar-refractivity contribution in [2.24, 2.45) is 0 Å². The first-order valence-corrected chi connectivity index (χ1v) is 10.3. The summed E-state index contributed by atoms with van der Waals surface area (Å²) in [4.78, 5) is 11.9. The standard InChI is InChI=1S/C22H20ClF3N2O4/c1-3-11-9-21(31,22(24,25)26)19(14-6-7-16(23)18(29)17(11)14)27-12-4-5-13-15(8-12)10(2)28-32-20(13)30/h4-8,11,19,27,29,31H,3,9H2,1-2H3/t11-,19-,21-/m0/s1. The van der Waals surface area contributed by atoms with Crippen molar-refractivity contribution in [1.82, 2.24) is 5.16 Å². The third-order valence-corrected chi connectivity index (χ3v) is 6.45. The Morgan fingerprint density at radius 3 is 2.66 bits per heavy atom. The molecular weight excluding hydrogens is 449 g/mol. The maximum absolute atomic E-state index is 14.2. The van der Waals surface area contributed by atoms with Gasteiger partial charge in [-0.15, -0.1) is 0 Å². The van der Waals surface area contributed by atoms with Gasteiger partial charge in [0.15, 0.2) is 5.60 Å². The molecule has 0 aliphatic heterocycles. The molecule has 1 heterocycles. The zero-order valence-corrected chi connectivity index (χ0v) is 17.9. The maximum atomic E-state index is 14.2. The summed E-state index contributed by atoms with van der Waals surface area (Å²) >= 11 is 6.03. The molecule has 0 saturated heterocycles. The number of anilines is 1. The van der Waals surface area contributed by atoms with E-state index in [9.17, 15) is 28.2 Å². The Hall–Kier alpha value is -2.78. The predicted molar refractivity (Wildman–Crippen MR) is 113 cm³/mol. The molecule has 4 rings (SSSR count). The first-order valence-electron chi connectivity index (χ1n) is 9.95. The number of hydrogen-bond donors (Lipinski definition) is 3. The number of benzene rings is 2. The van der Waals surface area contributed by atoms with E-state index in [1.807, 2.05) is 0 Å². The van der Waals surface area contributed by atoms with Crippen LogP contribution in [0.25, 0.3) is 10.8 Å². The highest BCUT2D eigenvalue weighted by atomic mass is 35.5. The molecule has 1 aromatic heterocycles. The molecule has 0 spiro atoms. The van der Waals surface area contributed by atoms with E-state index in [1.165, 1.54) is 30.3 Å². The van der Waals surface area contributed by atoms with E-state index in [2.05, 4.69) is 15.0 Å². The second-order valence-electron chi connectivity index (χ2n) is 8.02. The smallest absolute Gasteiger partial charge is 0.419 e. The van der Waals surface area contributed by atoms with Gasteiger partial charge in [0.2, 0.25) is 0 Å². The molecule has 3 aromatic rings. The summed E-state index contributed by atoms with van der Waals surface area (Å²) in [6.45, 7) is 3.28. The Bertz CT molecular complexity index is 1260. The summed E-state index contributed by atoms with van der Waals surface area (Å²) in [7, 11) is 0. The van der Waals surface area contributed by atoms with Gasteiger partial charge in [-0.2, -0.15) is 13.2 Å². The van der Waals surface area contributed by atoms with Crippen molar-refractivity contribution in [2.45, 2.75) is 50.4 Å². The third-order valence-electron chi connectivity index (χ3n) is 6.15. The molecule has 0 amide bonds. The van der Waals surface area contributed by atoms with Gasteiger partial charge in [-0.1, -0.05) is 29.7 Å². The number of nitrogens with one attached hydrogen (secondary N) is 1. The molecular formula is C22H20ClF3N2O4. The Kier molecular flexibility index (Phi) is 5.37. The monoisotopic (exact) mass is 468 g/mol. The molecule has 0 unspecified atom stereocenters. The minimum Gasteiger partial charge on any atom is -0.506 e. The Balaban J connectivity index is 1.90. The molecule has 0 saturated carbocycles. The third kappa shape index (κ3) is 3.40. The van der Waals surface area contributed by atoms with Crippen molar-refractivity contribution >= 4 is 28.1 Å². The number of aryl methyl sites for hydroxylation is 1. The van der Waals surface area contributed by atoms with E-state index in [0.717, 1.165) is 0 Å². The minimum absolute atomic E-state index is 0.0255. The number of aromatic hydroxyl groups is 1. The molecule has 0 fully saturated rings. The molecule has 1 aliphatic rings. The van der Waals surface area contributed by atoms with Crippen LogP contribution < -0.4 is 10.9 Å². The number of hydrogen-bond acceptors (Lipinski definition) is 6. The number of alkyl halides is 3. The normalized spacial score (nSPS) is 23.2. The molecule has 32 heavy (non-hydrogen) atoms. The first kappa shape index (κ1) is 22.4. The van der Waals surface area contributed by atoms with Crippen LogP contribution in [-0.4, -0.2) is 27.1 Å². The number of aromatic nitrogens is 1. The van der Waals surface area contributed by atoms with Crippen molar-refractivity contribution in [3.63, 3.8) is 0 Å². The quantitative estimate of drug-likeness (QED) is 0.489. The van der Waals surface area contributed by atoms with E-state index < -0.39 is 35.8 Å².